The van der Waals surface area contributed by atoms with E-state index in [0.29, 0.717) is 13.1 Å². The number of imidazole rings is 1. The van der Waals surface area contributed by atoms with E-state index in [1.165, 1.54) is 16.6 Å². The second-order valence-corrected chi connectivity index (χ2v) is 7.71. The van der Waals surface area contributed by atoms with Gasteiger partial charge in [0.1, 0.15) is 16.5 Å². The molecule has 0 aliphatic carbocycles. The summed E-state index contributed by atoms with van der Waals surface area (Å²) >= 11 is 5.87. The molecule has 2 aromatic heterocycles. The first kappa shape index (κ1) is 16.2. The van der Waals surface area contributed by atoms with Gasteiger partial charge in [-0.25, -0.2) is 18.4 Å². The molecule has 0 spiro atoms. The highest BCUT2D eigenvalue weighted by molar-refractivity contribution is 7.89. The van der Waals surface area contributed by atoms with Gasteiger partial charge in [-0.3, -0.25) is 4.90 Å². The minimum Gasteiger partial charge on any atom is -0.383 e. The zero-order valence-electron chi connectivity index (χ0n) is 12.5. The lowest BCUT2D eigenvalue weighted by Gasteiger charge is -2.37. The molecular formula is C13H17ClN6O2S. The molecular weight excluding hydrogens is 340 g/mol. The van der Waals surface area contributed by atoms with Crippen LogP contribution in [0.1, 0.15) is 11.9 Å². The largest absolute Gasteiger partial charge is 0.383 e. The summed E-state index contributed by atoms with van der Waals surface area (Å²) in [5, 5.41) is 0.231. The number of nitrogens with zero attached hydrogens (tertiary/aromatic N) is 4. The molecule has 1 aliphatic rings. The summed E-state index contributed by atoms with van der Waals surface area (Å²) in [7, 11) is -1.83. The number of anilines is 1. The zero-order valence-corrected chi connectivity index (χ0v) is 14.0. The van der Waals surface area contributed by atoms with E-state index in [2.05, 4.69) is 19.9 Å². The van der Waals surface area contributed by atoms with Gasteiger partial charge in [-0.15, -0.1) is 0 Å². The molecule has 124 valence electrons. The predicted molar refractivity (Wildman–Crippen MR) is 86.4 cm³/mol. The molecule has 0 radical (unpaired) electrons. The van der Waals surface area contributed by atoms with Crippen LogP contribution in [-0.2, 0) is 10.0 Å². The van der Waals surface area contributed by atoms with E-state index in [9.17, 15) is 8.42 Å². The Balaban J connectivity index is 1.93. The van der Waals surface area contributed by atoms with Crippen molar-refractivity contribution in [2.45, 2.75) is 10.9 Å². The summed E-state index contributed by atoms with van der Waals surface area (Å²) < 4.78 is 27.2. The quantitative estimate of drug-likeness (QED) is 0.838. The standard InChI is InChI=1S/C13H17ClN6O2S/c1-19-4-5-20(8-10(19)13-16-2-3-17-13)23(21,22)11-6-9(14)7-18-12(11)15/h2-3,6-7,10H,4-5,8H2,1H3,(H2,15,18)(H,16,17)/t10-/m1/s1. The van der Waals surface area contributed by atoms with Crippen LogP contribution in [0.4, 0.5) is 5.82 Å². The minimum absolute atomic E-state index is 0.0529. The number of nitrogens with one attached hydrogen (secondary N) is 1. The third kappa shape index (κ3) is 3.05. The van der Waals surface area contributed by atoms with Crippen LogP contribution >= 0.6 is 11.6 Å². The Bertz CT molecular complexity index is 795. The van der Waals surface area contributed by atoms with Crippen molar-refractivity contribution < 1.29 is 8.42 Å². The molecule has 23 heavy (non-hydrogen) atoms. The summed E-state index contributed by atoms with van der Waals surface area (Å²) in [5.41, 5.74) is 5.73. The fourth-order valence-electron chi connectivity index (χ4n) is 2.60. The van der Waals surface area contributed by atoms with Crippen molar-refractivity contribution in [1.29, 1.82) is 0 Å². The number of rotatable bonds is 3. The number of piperazine rings is 1. The van der Waals surface area contributed by atoms with Crippen LogP contribution in [0.25, 0.3) is 0 Å². The maximum Gasteiger partial charge on any atom is 0.246 e. The molecule has 2 aromatic rings. The van der Waals surface area contributed by atoms with Crippen LogP contribution < -0.4 is 5.73 Å². The molecule has 0 saturated carbocycles. The summed E-state index contributed by atoms with van der Waals surface area (Å²) in [6.07, 6.45) is 4.69. The number of hydrogen-bond acceptors (Lipinski definition) is 6. The Morgan fingerprint density at radius 2 is 2.17 bits per heavy atom. The van der Waals surface area contributed by atoms with Crippen LogP contribution in [0, 0.1) is 0 Å². The fourth-order valence-corrected chi connectivity index (χ4v) is 4.35. The fraction of sp³-hybridized carbons (Fsp3) is 0.385. The molecule has 10 heteroatoms. The van der Waals surface area contributed by atoms with Crippen molar-refractivity contribution >= 4 is 27.4 Å². The van der Waals surface area contributed by atoms with Crippen molar-refractivity contribution in [2.75, 3.05) is 32.4 Å². The first-order chi connectivity index (χ1) is 10.9. The lowest BCUT2D eigenvalue weighted by molar-refractivity contribution is 0.142. The molecule has 8 nitrogen and oxygen atoms in total. The third-order valence-corrected chi connectivity index (χ3v) is 6.01. The Morgan fingerprint density at radius 1 is 1.39 bits per heavy atom. The molecule has 0 unspecified atom stereocenters. The maximum absolute atomic E-state index is 12.9. The zero-order chi connectivity index (χ0) is 16.6. The van der Waals surface area contributed by atoms with E-state index in [1.54, 1.807) is 12.4 Å². The summed E-state index contributed by atoms with van der Waals surface area (Å²) in [6.45, 7) is 1.22. The van der Waals surface area contributed by atoms with Crippen LogP contribution in [-0.4, -0.2) is 59.3 Å². The van der Waals surface area contributed by atoms with Crippen LogP contribution in [0.3, 0.4) is 0 Å². The average molecular weight is 357 g/mol. The van der Waals surface area contributed by atoms with Gasteiger partial charge in [0.2, 0.25) is 10.0 Å². The van der Waals surface area contributed by atoms with E-state index >= 15 is 0 Å². The first-order valence-corrected chi connectivity index (χ1v) is 8.82. The SMILES string of the molecule is CN1CCN(S(=O)(=O)c2cc(Cl)cnc2N)C[C@@H]1c1ncc[nH]1. The second kappa shape index (κ2) is 6.08. The number of aromatic nitrogens is 3. The van der Waals surface area contributed by atoms with E-state index in [0.717, 1.165) is 5.82 Å². The Hall–Kier alpha value is -1.68. The van der Waals surface area contributed by atoms with Gasteiger partial charge in [0.25, 0.3) is 0 Å². The van der Waals surface area contributed by atoms with Gasteiger partial charge in [-0.05, 0) is 13.1 Å². The molecule has 1 aliphatic heterocycles. The number of likely N-dealkylation sites (N-methyl/N-ethyl adjacent to an activating group) is 1. The lowest BCUT2D eigenvalue weighted by atomic mass is 10.2. The first-order valence-electron chi connectivity index (χ1n) is 7.00. The van der Waals surface area contributed by atoms with Crippen LogP contribution in [0.2, 0.25) is 5.02 Å². The Labute approximate surface area is 139 Å². The third-order valence-electron chi connectivity index (χ3n) is 3.91. The maximum atomic E-state index is 12.9. The predicted octanol–water partition coefficient (Wildman–Crippen LogP) is 0.718. The van der Waals surface area contributed by atoms with Crippen molar-refractivity contribution in [2.24, 2.45) is 0 Å². The van der Waals surface area contributed by atoms with Gasteiger partial charge >= 0.3 is 0 Å². The van der Waals surface area contributed by atoms with E-state index in [1.807, 2.05) is 7.05 Å². The summed E-state index contributed by atoms with van der Waals surface area (Å²) in [5.74, 6) is 0.674. The average Bonchev–Trinajstić information content (AvgIpc) is 3.04. The van der Waals surface area contributed by atoms with Crippen molar-refractivity contribution in [1.82, 2.24) is 24.2 Å². The van der Waals surface area contributed by atoms with Gasteiger partial charge in [0.05, 0.1) is 11.1 Å². The Kier molecular flexibility index (Phi) is 4.28. The van der Waals surface area contributed by atoms with E-state index < -0.39 is 10.0 Å². The van der Waals surface area contributed by atoms with Crippen molar-refractivity contribution in [3.05, 3.63) is 35.5 Å². The summed E-state index contributed by atoms with van der Waals surface area (Å²) in [6, 6.07) is 1.18. The minimum atomic E-state index is -3.77. The molecule has 1 saturated heterocycles. The molecule has 1 atom stereocenters. The number of hydrogen-bond donors (Lipinski definition) is 2. The van der Waals surface area contributed by atoms with E-state index in [-0.39, 0.29) is 28.3 Å². The molecule has 0 aromatic carbocycles. The molecule has 1 fully saturated rings. The van der Waals surface area contributed by atoms with Gasteiger partial charge in [0, 0.05) is 38.2 Å². The molecule has 3 heterocycles. The monoisotopic (exact) mass is 356 g/mol. The van der Waals surface area contributed by atoms with Gasteiger partial charge < -0.3 is 10.7 Å². The van der Waals surface area contributed by atoms with Gasteiger partial charge in [-0.2, -0.15) is 4.31 Å². The number of nitrogen functional groups attached to an aromatic ring is 1. The topological polar surface area (TPSA) is 108 Å². The number of H-pyrrole nitrogens is 1. The number of sulfonamides is 1. The normalized spacial score (nSPS) is 20.7. The summed E-state index contributed by atoms with van der Waals surface area (Å²) in [4.78, 5) is 13.1. The van der Waals surface area contributed by atoms with E-state index in [4.69, 9.17) is 17.3 Å². The van der Waals surface area contributed by atoms with Crippen LogP contribution in [0.5, 0.6) is 0 Å². The second-order valence-electron chi connectivity index (χ2n) is 5.37. The smallest absolute Gasteiger partial charge is 0.246 e. The van der Waals surface area contributed by atoms with Gasteiger partial charge in [-0.1, -0.05) is 11.6 Å². The molecule has 3 rings (SSSR count). The number of nitrogens with two attached hydrogens (primary N) is 1. The highest BCUT2D eigenvalue weighted by Crippen LogP contribution is 2.28. The number of pyridine rings is 1. The number of aromatic amines is 1. The van der Waals surface area contributed by atoms with Crippen molar-refractivity contribution in [3.8, 4) is 0 Å². The van der Waals surface area contributed by atoms with Crippen molar-refractivity contribution in [3.63, 3.8) is 0 Å². The lowest BCUT2D eigenvalue weighted by Crippen LogP contribution is -2.49. The van der Waals surface area contributed by atoms with Gasteiger partial charge in [0.15, 0.2) is 0 Å². The molecule has 3 N–H and O–H groups in total. The Morgan fingerprint density at radius 3 is 2.87 bits per heavy atom. The highest BCUT2D eigenvalue weighted by atomic mass is 35.5. The highest BCUT2D eigenvalue weighted by Gasteiger charge is 2.35. The molecule has 0 amide bonds. The molecule has 0 bridgehead atoms. The van der Waals surface area contributed by atoms with Crippen LogP contribution in [0.15, 0.2) is 29.6 Å². The number of halogens is 1.